The summed E-state index contributed by atoms with van der Waals surface area (Å²) in [5.41, 5.74) is 6.17. The fourth-order valence-corrected chi connectivity index (χ4v) is 3.97. The first-order valence-electron chi connectivity index (χ1n) is 9.32. The van der Waals surface area contributed by atoms with E-state index in [1.54, 1.807) is 0 Å². The number of aryl methyl sites for hydroxylation is 1. The Balaban J connectivity index is 1.80. The Hall–Kier alpha value is -3.15. The molecule has 2 aliphatic heterocycles. The minimum absolute atomic E-state index is 0.0160. The maximum absolute atomic E-state index is 12.4. The molecule has 0 unspecified atom stereocenters. The van der Waals surface area contributed by atoms with Gasteiger partial charge in [-0.3, -0.25) is 4.79 Å². The number of carbonyl (C=O) groups excluding carboxylic acids is 1. The molecule has 1 amide bonds. The van der Waals surface area contributed by atoms with Crippen LogP contribution >= 0.6 is 0 Å². The van der Waals surface area contributed by atoms with Crippen molar-refractivity contribution >= 4 is 22.8 Å². The lowest BCUT2D eigenvalue weighted by Gasteiger charge is -2.22. The number of nitrogens with zero attached hydrogens (tertiary/aromatic N) is 2. The molecule has 2 aromatic heterocycles. The maximum Gasteiger partial charge on any atom is 0.253 e. The maximum atomic E-state index is 12.4. The van der Waals surface area contributed by atoms with Crippen molar-refractivity contribution < 1.29 is 4.79 Å². The van der Waals surface area contributed by atoms with Crippen LogP contribution in [0.5, 0.6) is 0 Å². The third kappa shape index (κ3) is 2.60. The van der Waals surface area contributed by atoms with Crippen molar-refractivity contribution in [1.29, 1.82) is 0 Å². The third-order valence-electron chi connectivity index (χ3n) is 5.38. The number of amides is 1. The first-order valence-corrected chi connectivity index (χ1v) is 9.32. The van der Waals surface area contributed by atoms with E-state index in [1.165, 1.54) is 0 Å². The van der Waals surface area contributed by atoms with E-state index in [2.05, 4.69) is 34.7 Å². The van der Waals surface area contributed by atoms with E-state index in [9.17, 15) is 4.79 Å². The van der Waals surface area contributed by atoms with Crippen LogP contribution in [0, 0.1) is 6.92 Å². The second-order valence-corrected chi connectivity index (χ2v) is 7.35. The number of carbonyl (C=O) groups is 1. The van der Waals surface area contributed by atoms with Crippen molar-refractivity contribution in [1.82, 2.24) is 20.3 Å². The second kappa shape index (κ2) is 5.94. The zero-order chi connectivity index (χ0) is 18.5. The number of anilines is 1. The van der Waals surface area contributed by atoms with Gasteiger partial charge in [0.2, 0.25) is 0 Å². The molecule has 2 aliphatic rings. The zero-order valence-corrected chi connectivity index (χ0v) is 15.3. The van der Waals surface area contributed by atoms with E-state index in [0.717, 1.165) is 51.5 Å². The Morgan fingerprint density at radius 1 is 1.19 bits per heavy atom. The van der Waals surface area contributed by atoms with Crippen molar-refractivity contribution in [3.8, 4) is 11.3 Å². The van der Waals surface area contributed by atoms with E-state index in [1.807, 2.05) is 31.2 Å². The van der Waals surface area contributed by atoms with E-state index in [-0.39, 0.29) is 17.9 Å². The molecule has 4 bridgehead atoms. The first-order chi connectivity index (χ1) is 13.1. The smallest absolute Gasteiger partial charge is 0.253 e. The molecule has 1 aromatic carbocycles. The van der Waals surface area contributed by atoms with Gasteiger partial charge in [-0.2, -0.15) is 0 Å². The molecule has 136 valence electrons. The number of rotatable bonds is 0. The number of allylic oxidation sites excluding steroid dienone is 1. The van der Waals surface area contributed by atoms with E-state index >= 15 is 0 Å². The molecule has 3 N–H and O–H groups in total. The number of benzene rings is 1. The van der Waals surface area contributed by atoms with Gasteiger partial charge < -0.3 is 15.6 Å². The first kappa shape index (κ1) is 16.1. The Bertz CT molecular complexity index is 1100. The minimum atomic E-state index is -0.0160. The van der Waals surface area contributed by atoms with Crippen LogP contribution in [0.4, 0.5) is 5.82 Å². The lowest BCUT2D eigenvalue weighted by molar-refractivity contribution is 0.0940. The summed E-state index contributed by atoms with van der Waals surface area (Å²) in [6, 6.07) is 8.07. The lowest BCUT2D eigenvalue weighted by atomic mass is 9.94. The van der Waals surface area contributed by atoms with Crippen LogP contribution < -0.4 is 10.6 Å². The van der Waals surface area contributed by atoms with Gasteiger partial charge in [0, 0.05) is 35.5 Å². The Labute approximate surface area is 157 Å². The molecule has 5 rings (SSSR count). The molecule has 6 heteroatoms. The fourth-order valence-electron chi connectivity index (χ4n) is 3.97. The highest BCUT2D eigenvalue weighted by Gasteiger charge is 2.28. The summed E-state index contributed by atoms with van der Waals surface area (Å²) >= 11 is 0. The number of hydrogen-bond acceptors (Lipinski definition) is 4. The van der Waals surface area contributed by atoms with Crippen LogP contribution in [0.25, 0.3) is 22.3 Å². The van der Waals surface area contributed by atoms with Gasteiger partial charge in [0.1, 0.15) is 11.3 Å². The van der Waals surface area contributed by atoms with E-state index in [4.69, 9.17) is 9.97 Å². The summed E-state index contributed by atoms with van der Waals surface area (Å²) in [7, 11) is 0. The lowest BCUT2D eigenvalue weighted by Crippen LogP contribution is -2.34. The second-order valence-electron chi connectivity index (χ2n) is 7.35. The molecule has 0 radical (unpaired) electrons. The molecular formula is C21H21N5O. The molecule has 0 aliphatic carbocycles. The van der Waals surface area contributed by atoms with Crippen molar-refractivity contribution in [3.63, 3.8) is 0 Å². The number of hydrogen-bond donors (Lipinski definition) is 3. The number of para-hydroxylation sites is 1. The van der Waals surface area contributed by atoms with Crippen molar-refractivity contribution in [2.75, 3.05) is 11.9 Å². The standard InChI is InChI=1S/C21H21N5O/c1-11-5-3-6-13-10-22-21(27)15-9-17(25-18(13)15)14-7-4-8-16-19(14)26-20(23-11)12(2)24-16/h3-5,7-9,11,13,25H,6,10H2,1-2H3,(H,22,27)(H,23,26)/b5-3-/t11-,13+/m0/s1. The van der Waals surface area contributed by atoms with E-state index < -0.39 is 0 Å². The van der Waals surface area contributed by atoms with Gasteiger partial charge in [-0.15, -0.1) is 0 Å². The summed E-state index contributed by atoms with van der Waals surface area (Å²) < 4.78 is 0. The summed E-state index contributed by atoms with van der Waals surface area (Å²) in [6.45, 7) is 4.72. The topological polar surface area (TPSA) is 82.7 Å². The zero-order valence-electron chi connectivity index (χ0n) is 15.3. The number of aromatic amines is 1. The molecule has 6 nitrogen and oxygen atoms in total. The van der Waals surface area contributed by atoms with Gasteiger partial charge in [0.15, 0.2) is 0 Å². The highest BCUT2D eigenvalue weighted by atomic mass is 16.1. The third-order valence-corrected chi connectivity index (χ3v) is 5.38. The van der Waals surface area contributed by atoms with Crippen molar-refractivity contribution in [2.24, 2.45) is 0 Å². The van der Waals surface area contributed by atoms with Crippen LogP contribution in [0.15, 0.2) is 36.4 Å². The Morgan fingerprint density at radius 2 is 2.07 bits per heavy atom. The quantitative estimate of drug-likeness (QED) is 0.536. The minimum Gasteiger partial charge on any atom is -0.363 e. The Morgan fingerprint density at radius 3 is 2.96 bits per heavy atom. The average Bonchev–Trinajstić information content (AvgIpc) is 3.09. The normalized spacial score (nSPS) is 22.4. The molecule has 4 heterocycles. The largest absolute Gasteiger partial charge is 0.363 e. The van der Waals surface area contributed by atoms with Gasteiger partial charge in [-0.25, -0.2) is 9.97 Å². The fraction of sp³-hybridized carbons (Fsp3) is 0.286. The molecule has 2 atom stereocenters. The van der Waals surface area contributed by atoms with Crippen LogP contribution in [0.1, 0.15) is 41.0 Å². The predicted molar refractivity (Wildman–Crippen MR) is 106 cm³/mol. The van der Waals surface area contributed by atoms with Gasteiger partial charge >= 0.3 is 0 Å². The molecule has 3 aromatic rings. The monoisotopic (exact) mass is 359 g/mol. The highest BCUT2D eigenvalue weighted by Crippen LogP contribution is 2.34. The van der Waals surface area contributed by atoms with Crippen LogP contribution in [0.2, 0.25) is 0 Å². The molecule has 0 spiro atoms. The van der Waals surface area contributed by atoms with Crippen LogP contribution in [-0.2, 0) is 0 Å². The van der Waals surface area contributed by atoms with Gasteiger partial charge in [0.05, 0.1) is 16.8 Å². The van der Waals surface area contributed by atoms with E-state index in [0.29, 0.717) is 6.54 Å². The molecule has 0 fully saturated rings. The highest BCUT2D eigenvalue weighted by molar-refractivity contribution is 6.00. The number of nitrogens with one attached hydrogen (secondary N) is 3. The number of fused-ring (bicyclic) bond motifs is 3. The van der Waals surface area contributed by atoms with Gasteiger partial charge in [0.25, 0.3) is 5.91 Å². The molecule has 27 heavy (non-hydrogen) atoms. The molecule has 0 saturated carbocycles. The van der Waals surface area contributed by atoms with Gasteiger partial charge in [-0.05, 0) is 32.4 Å². The van der Waals surface area contributed by atoms with Gasteiger partial charge in [-0.1, -0.05) is 24.3 Å². The molecular weight excluding hydrogens is 338 g/mol. The van der Waals surface area contributed by atoms with Crippen molar-refractivity contribution in [3.05, 3.63) is 53.4 Å². The summed E-state index contributed by atoms with van der Waals surface area (Å²) in [5.74, 6) is 1.02. The average molecular weight is 359 g/mol. The Kier molecular flexibility index (Phi) is 3.53. The van der Waals surface area contributed by atoms with Crippen LogP contribution in [0.3, 0.4) is 0 Å². The van der Waals surface area contributed by atoms with Crippen molar-refractivity contribution in [2.45, 2.75) is 32.2 Å². The number of H-pyrrole nitrogens is 1. The predicted octanol–water partition coefficient (Wildman–Crippen LogP) is 3.52. The van der Waals surface area contributed by atoms with Crippen LogP contribution in [-0.4, -0.2) is 33.4 Å². The summed E-state index contributed by atoms with van der Waals surface area (Å²) in [6.07, 6.45) is 5.19. The number of aromatic nitrogens is 3. The molecule has 0 saturated heterocycles. The SMILES string of the molecule is Cc1nc2cccc3c2nc1N[C@@H](C)/C=C\C[C@@H]1CNC(=O)c2cc-3[nH]c21. The summed E-state index contributed by atoms with van der Waals surface area (Å²) in [5, 5.41) is 6.47. The summed E-state index contributed by atoms with van der Waals surface area (Å²) in [4.78, 5) is 25.5.